The molecule has 0 aliphatic rings. The van der Waals surface area contributed by atoms with Gasteiger partial charge in [-0.2, -0.15) is 0 Å². The minimum absolute atomic E-state index is 0.0323. The number of halogens is 2. The standard InChI is InChI=1S/C12H11F2N3O2S/c1-6-3-4-7(5-8(6)19-2)10(18)15-12-17-16-11(20-12)9(13)14/h3-5,9H,1-2H3,(H,15,17,18). The van der Waals surface area contributed by atoms with Gasteiger partial charge in [0.25, 0.3) is 12.3 Å². The molecule has 2 rings (SSSR count). The molecular formula is C12H11F2N3O2S. The molecule has 0 fully saturated rings. The van der Waals surface area contributed by atoms with Crippen molar-refractivity contribution in [2.75, 3.05) is 12.4 Å². The van der Waals surface area contributed by atoms with E-state index in [0.717, 1.165) is 5.56 Å². The van der Waals surface area contributed by atoms with E-state index in [1.54, 1.807) is 18.2 Å². The van der Waals surface area contributed by atoms with Crippen LogP contribution in [-0.4, -0.2) is 23.2 Å². The van der Waals surface area contributed by atoms with Crippen molar-refractivity contribution in [3.8, 4) is 5.75 Å². The molecule has 106 valence electrons. The Balaban J connectivity index is 2.15. The number of hydrogen-bond acceptors (Lipinski definition) is 5. The molecule has 0 aliphatic carbocycles. The first-order valence-electron chi connectivity index (χ1n) is 5.59. The second-order valence-corrected chi connectivity index (χ2v) is 4.89. The number of nitrogens with zero attached hydrogens (tertiary/aromatic N) is 2. The summed E-state index contributed by atoms with van der Waals surface area (Å²) in [5.74, 6) is 0.114. The van der Waals surface area contributed by atoms with Crippen molar-refractivity contribution < 1.29 is 18.3 Å². The third-order valence-corrected chi connectivity index (χ3v) is 3.36. The predicted octanol–water partition coefficient (Wildman–Crippen LogP) is 3.05. The number of aromatic nitrogens is 2. The first kappa shape index (κ1) is 14.3. The van der Waals surface area contributed by atoms with E-state index >= 15 is 0 Å². The zero-order valence-corrected chi connectivity index (χ0v) is 11.5. The number of amides is 1. The Hall–Kier alpha value is -2.09. The van der Waals surface area contributed by atoms with Gasteiger partial charge < -0.3 is 4.74 Å². The number of methoxy groups -OCH3 is 1. The van der Waals surface area contributed by atoms with Crippen LogP contribution in [0.2, 0.25) is 0 Å². The lowest BCUT2D eigenvalue weighted by atomic mass is 10.1. The molecule has 20 heavy (non-hydrogen) atoms. The summed E-state index contributed by atoms with van der Waals surface area (Å²) in [7, 11) is 1.50. The fourth-order valence-corrected chi connectivity index (χ4v) is 2.10. The number of carbonyl (C=O) groups excluding carboxylic acids is 1. The molecule has 1 aromatic carbocycles. The number of ether oxygens (including phenoxy) is 1. The van der Waals surface area contributed by atoms with Crippen molar-refractivity contribution in [3.63, 3.8) is 0 Å². The van der Waals surface area contributed by atoms with E-state index < -0.39 is 17.3 Å². The number of aryl methyl sites for hydroxylation is 1. The molecule has 1 aromatic heterocycles. The summed E-state index contributed by atoms with van der Waals surface area (Å²) < 4.78 is 29.8. The number of benzene rings is 1. The smallest absolute Gasteiger partial charge is 0.291 e. The molecule has 5 nitrogen and oxygen atoms in total. The second kappa shape index (κ2) is 5.91. The van der Waals surface area contributed by atoms with E-state index in [4.69, 9.17) is 4.74 Å². The minimum Gasteiger partial charge on any atom is -0.496 e. The van der Waals surface area contributed by atoms with Crippen LogP contribution in [0, 0.1) is 6.92 Å². The summed E-state index contributed by atoms with van der Waals surface area (Å²) in [5.41, 5.74) is 1.24. The lowest BCUT2D eigenvalue weighted by Crippen LogP contribution is -2.12. The molecule has 1 amide bonds. The van der Waals surface area contributed by atoms with Gasteiger partial charge in [0.1, 0.15) is 5.75 Å². The number of nitrogens with one attached hydrogen (secondary N) is 1. The number of carbonyl (C=O) groups is 1. The van der Waals surface area contributed by atoms with Gasteiger partial charge in [-0.25, -0.2) is 8.78 Å². The Morgan fingerprint density at radius 1 is 1.40 bits per heavy atom. The summed E-state index contributed by atoms with van der Waals surface area (Å²) in [6.07, 6.45) is -2.70. The summed E-state index contributed by atoms with van der Waals surface area (Å²) in [5, 5.41) is 8.80. The lowest BCUT2D eigenvalue weighted by molar-refractivity contribution is 0.102. The maximum Gasteiger partial charge on any atom is 0.291 e. The lowest BCUT2D eigenvalue weighted by Gasteiger charge is -2.07. The molecule has 0 atom stereocenters. The van der Waals surface area contributed by atoms with Crippen molar-refractivity contribution in [1.29, 1.82) is 0 Å². The van der Waals surface area contributed by atoms with E-state index in [-0.39, 0.29) is 5.13 Å². The zero-order valence-electron chi connectivity index (χ0n) is 10.7. The largest absolute Gasteiger partial charge is 0.496 e. The number of anilines is 1. The molecule has 1 heterocycles. The molecule has 0 radical (unpaired) electrons. The molecule has 8 heteroatoms. The third kappa shape index (κ3) is 3.08. The molecule has 0 unspecified atom stereocenters. The van der Waals surface area contributed by atoms with Crippen LogP contribution in [0.25, 0.3) is 0 Å². The Labute approximate surface area is 117 Å². The Kier molecular flexibility index (Phi) is 4.23. The molecular weight excluding hydrogens is 288 g/mol. The van der Waals surface area contributed by atoms with Gasteiger partial charge in [0.15, 0.2) is 5.01 Å². The SMILES string of the molecule is COc1cc(C(=O)Nc2nnc(C(F)F)s2)ccc1C. The van der Waals surface area contributed by atoms with Crippen LogP contribution < -0.4 is 10.1 Å². The molecule has 0 spiro atoms. The molecule has 0 aliphatic heterocycles. The molecule has 0 saturated carbocycles. The van der Waals surface area contributed by atoms with E-state index in [1.807, 2.05) is 6.92 Å². The maximum atomic E-state index is 12.4. The van der Waals surface area contributed by atoms with Crippen molar-refractivity contribution in [3.05, 3.63) is 34.3 Å². The number of hydrogen-bond donors (Lipinski definition) is 1. The monoisotopic (exact) mass is 299 g/mol. The molecule has 1 N–H and O–H groups in total. The van der Waals surface area contributed by atoms with Crippen molar-refractivity contribution in [2.24, 2.45) is 0 Å². The quantitative estimate of drug-likeness (QED) is 0.942. The molecule has 0 bridgehead atoms. The van der Waals surface area contributed by atoms with Crippen LogP contribution in [0.4, 0.5) is 13.9 Å². The van der Waals surface area contributed by atoms with Crippen LogP contribution in [0.5, 0.6) is 5.75 Å². The Morgan fingerprint density at radius 3 is 2.75 bits per heavy atom. The number of alkyl halides is 2. The summed E-state index contributed by atoms with van der Waals surface area (Å²) in [6.45, 7) is 1.85. The summed E-state index contributed by atoms with van der Waals surface area (Å²) in [4.78, 5) is 12.0. The highest BCUT2D eigenvalue weighted by atomic mass is 32.1. The van der Waals surface area contributed by atoms with Crippen LogP contribution in [-0.2, 0) is 0 Å². The van der Waals surface area contributed by atoms with Gasteiger partial charge in [0.05, 0.1) is 7.11 Å². The van der Waals surface area contributed by atoms with Gasteiger partial charge in [-0.05, 0) is 24.6 Å². The molecule has 2 aromatic rings. The Morgan fingerprint density at radius 2 is 2.15 bits per heavy atom. The maximum absolute atomic E-state index is 12.4. The predicted molar refractivity (Wildman–Crippen MR) is 70.6 cm³/mol. The van der Waals surface area contributed by atoms with Gasteiger partial charge in [0, 0.05) is 5.56 Å². The van der Waals surface area contributed by atoms with E-state index in [1.165, 1.54) is 7.11 Å². The normalized spacial score (nSPS) is 10.7. The zero-order chi connectivity index (χ0) is 14.7. The summed E-state index contributed by atoms with van der Waals surface area (Å²) in [6, 6.07) is 4.92. The first-order chi connectivity index (χ1) is 9.51. The van der Waals surface area contributed by atoms with Crippen molar-refractivity contribution >= 4 is 22.4 Å². The highest BCUT2D eigenvalue weighted by molar-refractivity contribution is 7.15. The van der Waals surface area contributed by atoms with Crippen molar-refractivity contribution in [2.45, 2.75) is 13.3 Å². The van der Waals surface area contributed by atoms with Crippen LogP contribution in [0.15, 0.2) is 18.2 Å². The first-order valence-corrected chi connectivity index (χ1v) is 6.40. The fraction of sp³-hybridized carbons (Fsp3) is 0.250. The average Bonchev–Trinajstić information content (AvgIpc) is 2.88. The highest BCUT2D eigenvalue weighted by Crippen LogP contribution is 2.26. The van der Waals surface area contributed by atoms with Gasteiger partial charge in [0.2, 0.25) is 5.13 Å². The summed E-state index contributed by atoms with van der Waals surface area (Å²) >= 11 is 0.642. The van der Waals surface area contributed by atoms with Crippen LogP contribution >= 0.6 is 11.3 Å². The van der Waals surface area contributed by atoms with Crippen LogP contribution in [0.3, 0.4) is 0 Å². The van der Waals surface area contributed by atoms with Gasteiger partial charge in [-0.15, -0.1) is 10.2 Å². The number of rotatable bonds is 4. The molecule has 0 saturated heterocycles. The van der Waals surface area contributed by atoms with E-state index in [0.29, 0.717) is 22.6 Å². The third-order valence-electron chi connectivity index (χ3n) is 2.52. The fourth-order valence-electron chi connectivity index (χ4n) is 1.50. The minimum atomic E-state index is -2.70. The van der Waals surface area contributed by atoms with E-state index in [9.17, 15) is 13.6 Å². The topological polar surface area (TPSA) is 64.1 Å². The van der Waals surface area contributed by atoms with Crippen LogP contribution in [0.1, 0.15) is 27.4 Å². The Bertz CT molecular complexity index is 631. The van der Waals surface area contributed by atoms with Gasteiger partial charge in [-0.3, -0.25) is 10.1 Å². The average molecular weight is 299 g/mol. The second-order valence-electron chi connectivity index (χ2n) is 3.88. The van der Waals surface area contributed by atoms with Gasteiger partial charge in [-0.1, -0.05) is 17.4 Å². The highest BCUT2D eigenvalue weighted by Gasteiger charge is 2.16. The van der Waals surface area contributed by atoms with E-state index in [2.05, 4.69) is 15.5 Å². The van der Waals surface area contributed by atoms with Crippen molar-refractivity contribution in [1.82, 2.24) is 10.2 Å². The van der Waals surface area contributed by atoms with Gasteiger partial charge >= 0.3 is 0 Å².